The maximum atomic E-state index is 12.0. The summed E-state index contributed by atoms with van der Waals surface area (Å²) in [6.45, 7) is 3.78. The normalized spacial score (nSPS) is 12.9. The van der Waals surface area contributed by atoms with E-state index in [9.17, 15) is 9.59 Å². The Labute approximate surface area is 130 Å². The molecule has 0 fully saturated rings. The van der Waals surface area contributed by atoms with Gasteiger partial charge in [-0.05, 0) is 5.92 Å². The molecular formula is C15H23N3O4. The largest absolute Gasteiger partial charge is 0.497 e. The van der Waals surface area contributed by atoms with Gasteiger partial charge in [0, 0.05) is 23.9 Å². The summed E-state index contributed by atoms with van der Waals surface area (Å²) in [4.78, 5) is 23.5. The maximum Gasteiger partial charge on any atom is 0.319 e. The fraction of sp³-hybridized carbons (Fsp3) is 0.467. The van der Waals surface area contributed by atoms with Crippen molar-refractivity contribution in [1.29, 1.82) is 0 Å². The molecule has 122 valence electrons. The Balaban J connectivity index is 2.81. The molecule has 1 rings (SSSR count). The molecule has 4 N–H and O–H groups in total. The number of ether oxygens (including phenoxy) is 2. The average Bonchev–Trinajstić information content (AvgIpc) is 2.50. The molecule has 7 nitrogen and oxygen atoms in total. The molecule has 3 amide bonds. The number of benzene rings is 1. The van der Waals surface area contributed by atoms with Crippen molar-refractivity contribution in [2.75, 3.05) is 19.5 Å². The molecule has 0 unspecified atom stereocenters. The molecule has 7 heteroatoms. The van der Waals surface area contributed by atoms with Gasteiger partial charge in [-0.15, -0.1) is 0 Å². The highest BCUT2D eigenvalue weighted by Gasteiger charge is 2.23. The second-order valence-electron chi connectivity index (χ2n) is 4.97. The van der Waals surface area contributed by atoms with Gasteiger partial charge in [-0.2, -0.15) is 0 Å². The van der Waals surface area contributed by atoms with Crippen LogP contribution in [-0.4, -0.2) is 32.2 Å². The van der Waals surface area contributed by atoms with Crippen molar-refractivity contribution < 1.29 is 19.1 Å². The van der Waals surface area contributed by atoms with E-state index in [0.717, 1.165) is 6.42 Å². The number of hydrogen-bond donors (Lipinski definition) is 3. The Morgan fingerprint density at radius 3 is 2.14 bits per heavy atom. The summed E-state index contributed by atoms with van der Waals surface area (Å²) in [6, 6.07) is 3.74. The zero-order valence-electron chi connectivity index (χ0n) is 13.3. The molecule has 22 heavy (non-hydrogen) atoms. The van der Waals surface area contributed by atoms with Crippen LogP contribution in [0.3, 0.4) is 0 Å². The molecular weight excluding hydrogens is 286 g/mol. The molecule has 0 aromatic heterocycles. The zero-order valence-corrected chi connectivity index (χ0v) is 13.3. The van der Waals surface area contributed by atoms with Gasteiger partial charge >= 0.3 is 6.03 Å². The third-order valence-corrected chi connectivity index (χ3v) is 3.42. The van der Waals surface area contributed by atoms with Crippen LogP contribution in [0.25, 0.3) is 0 Å². The molecule has 1 aromatic carbocycles. The SMILES string of the molecule is CC[C@@H](C)[C@H](NC(=O)Nc1cc(OC)cc(OC)c1)C(N)=O. The molecule has 0 aliphatic rings. The first-order valence-corrected chi connectivity index (χ1v) is 7.01. The number of methoxy groups -OCH3 is 2. The number of urea groups is 1. The lowest BCUT2D eigenvalue weighted by atomic mass is 9.99. The van der Waals surface area contributed by atoms with Gasteiger partial charge in [0.15, 0.2) is 0 Å². The lowest BCUT2D eigenvalue weighted by molar-refractivity contribution is -0.120. The lowest BCUT2D eigenvalue weighted by Gasteiger charge is -2.21. The zero-order chi connectivity index (χ0) is 16.7. The number of nitrogens with two attached hydrogens (primary N) is 1. The fourth-order valence-electron chi connectivity index (χ4n) is 1.92. The average molecular weight is 309 g/mol. The predicted molar refractivity (Wildman–Crippen MR) is 84.1 cm³/mol. The van der Waals surface area contributed by atoms with Crippen LogP contribution < -0.4 is 25.8 Å². The van der Waals surface area contributed by atoms with Crippen molar-refractivity contribution in [2.24, 2.45) is 11.7 Å². The molecule has 2 atom stereocenters. The Morgan fingerprint density at radius 2 is 1.73 bits per heavy atom. The van der Waals surface area contributed by atoms with Gasteiger partial charge in [0.05, 0.1) is 14.2 Å². The van der Waals surface area contributed by atoms with Crippen molar-refractivity contribution in [3.05, 3.63) is 18.2 Å². The van der Waals surface area contributed by atoms with E-state index in [2.05, 4.69) is 10.6 Å². The first kappa shape index (κ1) is 17.6. The highest BCUT2D eigenvalue weighted by molar-refractivity contribution is 5.93. The van der Waals surface area contributed by atoms with Crippen LogP contribution in [0.2, 0.25) is 0 Å². The smallest absolute Gasteiger partial charge is 0.319 e. The fourth-order valence-corrected chi connectivity index (χ4v) is 1.92. The minimum Gasteiger partial charge on any atom is -0.497 e. The van der Waals surface area contributed by atoms with Crippen LogP contribution in [0.4, 0.5) is 10.5 Å². The predicted octanol–water partition coefficient (Wildman–Crippen LogP) is 1.73. The van der Waals surface area contributed by atoms with Gasteiger partial charge in [-0.25, -0.2) is 4.79 Å². The molecule has 0 aliphatic heterocycles. The molecule has 0 radical (unpaired) electrons. The van der Waals surface area contributed by atoms with E-state index in [0.29, 0.717) is 17.2 Å². The minimum absolute atomic E-state index is 0.0527. The van der Waals surface area contributed by atoms with Crippen molar-refractivity contribution in [3.63, 3.8) is 0 Å². The van der Waals surface area contributed by atoms with Crippen LogP contribution in [0.5, 0.6) is 11.5 Å². The number of nitrogens with one attached hydrogen (secondary N) is 2. The van der Waals surface area contributed by atoms with Crippen molar-refractivity contribution in [1.82, 2.24) is 5.32 Å². The van der Waals surface area contributed by atoms with Gasteiger partial charge < -0.3 is 25.8 Å². The lowest BCUT2D eigenvalue weighted by Crippen LogP contribution is -2.49. The van der Waals surface area contributed by atoms with Crippen LogP contribution >= 0.6 is 0 Å². The Kier molecular flexibility index (Phi) is 6.49. The van der Waals surface area contributed by atoms with Crippen LogP contribution in [0.1, 0.15) is 20.3 Å². The maximum absolute atomic E-state index is 12.0. The van der Waals surface area contributed by atoms with Gasteiger partial charge in [0.25, 0.3) is 0 Å². The quantitative estimate of drug-likeness (QED) is 0.713. The molecule has 0 spiro atoms. The van der Waals surface area contributed by atoms with E-state index >= 15 is 0 Å². The van der Waals surface area contributed by atoms with E-state index in [1.807, 2.05) is 13.8 Å². The van der Waals surface area contributed by atoms with Crippen LogP contribution in [0, 0.1) is 5.92 Å². The summed E-state index contributed by atoms with van der Waals surface area (Å²) in [7, 11) is 3.04. The van der Waals surface area contributed by atoms with Gasteiger partial charge in [0.1, 0.15) is 17.5 Å². The first-order valence-electron chi connectivity index (χ1n) is 7.01. The van der Waals surface area contributed by atoms with Crippen LogP contribution in [-0.2, 0) is 4.79 Å². The van der Waals surface area contributed by atoms with E-state index < -0.39 is 18.0 Å². The summed E-state index contributed by atoms with van der Waals surface area (Å²) in [5.74, 6) is 0.474. The molecule has 0 saturated heterocycles. The Morgan fingerprint density at radius 1 is 1.18 bits per heavy atom. The second kappa shape index (κ2) is 8.11. The number of hydrogen-bond acceptors (Lipinski definition) is 4. The monoisotopic (exact) mass is 309 g/mol. The Hall–Kier alpha value is -2.44. The first-order chi connectivity index (χ1) is 10.4. The van der Waals surface area contributed by atoms with Crippen molar-refractivity contribution in [2.45, 2.75) is 26.3 Å². The van der Waals surface area contributed by atoms with Gasteiger partial charge in [-0.1, -0.05) is 20.3 Å². The summed E-state index contributed by atoms with van der Waals surface area (Å²) < 4.78 is 10.3. The highest BCUT2D eigenvalue weighted by atomic mass is 16.5. The number of primary amides is 1. The van der Waals surface area contributed by atoms with E-state index in [1.54, 1.807) is 18.2 Å². The molecule has 0 aliphatic carbocycles. The Bertz CT molecular complexity index is 511. The van der Waals surface area contributed by atoms with E-state index in [1.165, 1.54) is 14.2 Å². The standard InChI is InChI=1S/C15H23N3O4/c1-5-9(2)13(14(16)19)18-15(20)17-10-6-11(21-3)8-12(7-10)22-4/h6-9,13H,5H2,1-4H3,(H2,16,19)(H2,17,18,20)/t9-,13+/m1/s1. The minimum atomic E-state index is -0.725. The highest BCUT2D eigenvalue weighted by Crippen LogP contribution is 2.25. The third kappa shape index (κ3) is 4.83. The number of carbonyl (C=O) groups excluding carboxylic acids is 2. The molecule has 0 heterocycles. The molecule has 0 bridgehead atoms. The van der Waals surface area contributed by atoms with E-state index in [4.69, 9.17) is 15.2 Å². The van der Waals surface area contributed by atoms with Gasteiger partial charge in [-0.3, -0.25) is 4.79 Å². The summed E-state index contributed by atoms with van der Waals surface area (Å²) in [5.41, 5.74) is 5.81. The van der Waals surface area contributed by atoms with E-state index in [-0.39, 0.29) is 5.92 Å². The summed E-state index contributed by atoms with van der Waals surface area (Å²) in [5, 5.41) is 5.22. The van der Waals surface area contributed by atoms with Gasteiger partial charge in [0.2, 0.25) is 5.91 Å². The van der Waals surface area contributed by atoms with Crippen LogP contribution in [0.15, 0.2) is 18.2 Å². The summed E-state index contributed by atoms with van der Waals surface area (Å²) in [6.07, 6.45) is 0.723. The number of amides is 3. The topological polar surface area (TPSA) is 103 Å². The van der Waals surface area contributed by atoms with Crippen molar-refractivity contribution in [3.8, 4) is 11.5 Å². The second-order valence-corrected chi connectivity index (χ2v) is 4.97. The number of anilines is 1. The summed E-state index contributed by atoms with van der Waals surface area (Å²) >= 11 is 0. The van der Waals surface area contributed by atoms with Crippen molar-refractivity contribution >= 4 is 17.6 Å². The number of rotatable bonds is 7. The third-order valence-electron chi connectivity index (χ3n) is 3.42. The number of carbonyl (C=O) groups is 2. The molecule has 0 saturated carbocycles. The molecule has 1 aromatic rings.